The molecule has 0 aliphatic rings. The highest BCUT2D eigenvalue weighted by Crippen LogP contribution is 2.28. The van der Waals surface area contributed by atoms with E-state index >= 15 is 0 Å². The van der Waals surface area contributed by atoms with E-state index in [1.54, 1.807) is 0 Å². The summed E-state index contributed by atoms with van der Waals surface area (Å²) < 4.78 is 3.02. The van der Waals surface area contributed by atoms with Crippen LogP contribution < -0.4 is 0 Å². The average molecular weight is 425 g/mol. The Morgan fingerprint density at radius 1 is 0.600 bits per heavy atom. The summed E-state index contributed by atoms with van der Waals surface area (Å²) in [5.74, 6) is 2.16. The molecule has 0 aliphatic carbocycles. The molecule has 0 amide bonds. The van der Waals surface area contributed by atoms with Gasteiger partial charge in [0.2, 0.25) is 15.3 Å². The smallest absolute Gasteiger partial charge is 0.229 e. The standard InChI is InChI=1S/C19H38N2S4/c1-14(2)9-20(18(22)23,10-15(3)4)13-21(19(24)25,11-16(5)6)12-17(7)8/h14-17H,9-13H2,1-8H3/p+2. The summed E-state index contributed by atoms with van der Waals surface area (Å²) >= 11 is 20.8. The lowest BCUT2D eigenvalue weighted by Gasteiger charge is -2.47. The topological polar surface area (TPSA) is 0 Å². The van der Waals surface area contributed by atoms with Gasteiger partial charge in [0.1, 0.15) is 0 Å². The van der Waals surface area contributed by atoms with Gasteiger partial charge < -0.3 is 0 Å². The van der Waals surface area contributed by atoms with E-state index in [9.17, 15) is 0 Å². The van der Waals surface area contributed by atoms with E-state index in [-0.39, 0.29) is 0 Å². The SMILES string of the molecule is CC(C)C[N+](CC(C)C)(C[N+](CC(C)C)(CC(C)C)C(=S)S)C(=S)S. The Hall–Kier alpha value is 0.800. The molecule has 0 bridgehead atoms. The Balaban J connectivity index is 6.16. The fraction of sp³-hybridized carbons (Fsp3) is 0.895. The van der Waals surface area contributed by atoms with Crippen molar-refractivity contribution in [3.63, 3.8) is 0 Å². The summed E-state index contributed by atoms with van der Waals surface area (Å²) in [4.78, 5) is 0. The van der Waals surface area contributed by atoms with Gasteiger partial charge in [0, 0.05) is 23.7 Å². The lowest BCUT2D eigenvalue weighted by molar-refractivity contribution is -1.02. The number of nitrogens with zero attached hydrogens (tertiary/aromatic N) is 2. The van der Waals surface area contributed by atoms with Gasteiger partial charge in [-0.3, -0.25) is 0 Å². The van der Waals surface area contributed by atoms with Crippen molar-refractivity contribution in [1.29, 1.82) is 0 Å². The van der Waals surface area contributed by atoms with Gasteiger partial charge in [-0.05, 0) is 24.4 Å². The van der Waals surface area contributed by atoms with Gasteiger partial charge >= 0.3 is 0 Å². The fourth-order valence-electron chi connectivity index (χ4n) is 4.13. The molecule has 0 N–H and O–H groups in total. The van der Waals surface area contributed by atoms with Gasteiger partial charge in [-0.1, -0.05) is 80.6 Å². The van der Waals surface area contributed by atoms with Crippen LogP contribution in [0.5, 0.6) is 0 Å². The normalized spacial score (nSPS) is 13.4. The molecule has 0 saturated heterocycles. The number of hydrogen-bond acceptors (Lipinski definition) is 2. The molecule has 0 rings (SSSR count). The molecule has 0 fully saturated rings. The molecule has 0 aromatic carbocycles. The van der Waals surface area contributed by atoms with Crippen molar-refractivity contribution in [2.75, 3.05) is 32.8 Å². The maximum Gasteiger partial charge on any atom is 0.235 e. The second-order valence-electron chi connectivity index (χ2n) is 9.30. The van der Waals surface area contributed by atoms with E-state index in [0.29, 0.717) is 23.7 Å². The van der Waals surface area contributed by atoms with Gasteiger partial charge in [-0.2, -0.15) is 0 Å². The van der Waals surface area contributed by atoms with Crippen LogP contribution in [0.3, 0.4) is 0 Å². The van der Waals surface area contributed by atoms with Crippen LogP contribution in [-0.4, -0.2) is 50.5 Å². The number of thiocarbonyl (C=S) groups is 2. The first-order valence-electron chi connectivity index (χ1n) is 9.45. The predicted molar refractivity (Wildman–Crippen MR) is 127 cm³/mol. The minimum atomic E-state index is 0.539. The van der Waals surface area contributed by atoms with E-state index in [4.69, 9.17) is 49.7 Å². The molecule has 0 radical (unpaired) electrons. The highest BCUT2D eigenvalue weighted by Gasteiger charge is 2.46. The van der Waals surface area contributed by atoms with Crippen molar-refractivity contribution in [2.24, 2.45) is 23.7 Å². The van der Waals surface area contributed by atoms with E-state index in [1.165, 1.54) is 0 Å². The minimum absolute atomic E-state index is 0.539. The zero-order valence-corrected chi connectivity index (χ0v) is 20.9. The largest absolute Gasteiger partial charge is 0.235 e. The van der Waals surface area contributed by atoms with Crippen LogP contribution in [0.2, 0.25) is 0 Å². The van der Waals surface area contributed by atoms with Crippen LogP contribution in [0.25, 0.3) is 0 Å². The number of quaternary nitrogens is 2. The predicted octanol–water partition coefficient (Wildman–Crippen LogP) is 5.63. The zero-order valence-electron chi connectivity index (χ0n) is 17.5. The summed E-state index contributed by atoms with van der Waals surface area (Å²) in [6.07, 6.45) is 0. The van der Waals surface area contributed by atoms with Crippen molar-refractivity contribution in [3.05, 3.63) is 0 Å². The molecule has 0 saturated carbocycles. The fourth-order valence-corrected chi connectivity index (χ4v) is 4.99. The summed E-state index contributed by atoms with van der Waals surface area (Å²) in [6, 6.07) is 0. The van der Waals surface area contributed by atoms with E-state index in [2.05, 4.69) is 55.4 Å². The molecule has 0 aromatic heterocycles. The molecular formula is C19H40N2S4+2. The third-order valence-electron chi connectivity index (χ3n) is 4.21. The van der Waals surface area contributed by atoms with Crippen LogP contribution >= 0.6 is 49.7 Å². The van der Waals surface area contributed by atoms with Gasteiger partial charge in [-0.25, -0.2) is 8.97 Å². The van der Waals surface area contributed by atoms with Gasteiger partial charge in [0.25, 0.3) is 0 Å². The lowest BCUT2D eigenvalue weighted by Crippen LogP contribution is -2.68. The molecule has 148 valence electrons. The third-order valence-corrected chi connectivity index (χ3v) is 5.83. The Morgan fingerprint density at radius 2 is 0.800 bits per heavy atom. The summed E-state index contributed by atoms with van der Waals surface area (Å²) in [5, 5.41) is 0. The Bertz CT molecular complexity index is 385. The molecule has 0 aliphatic heterocycles. The number of hydrogen-bond donors (Lipinski definition) is 2. The van der Waals surface area contributed by atoms with Crippen molar-refractivity contribution in [2.45, 2.75) is 55.4 Å². The molecule has 25 heavy (non-hydrogen) atoms. The molecule has 0 atom stereocenters. The molecule has 0 unspecified atom stereocenters. The first-order valence-corrected chi connectivity index (χ1v) is 11.2. The van der Waals surface area contributed by atoms with Crippen LogP contribution in [-0.2, 0) is 0 Å². The number of thiol groups is 2. The second kappa shape index (κ2) is 11.0. The zero-order chi connectivity index (χ0) is 20.0. The minimum Gasteiger partial charge on any atom is -0.229 e. The summed E-state index contributed by atoms with van der Waals surface area (Å²) in [7, 11) is 0. The van der Waals surface area contributed by atoms with Crippen molar-refractivity contribution in [1.82, 2.24) is 0 Å². The monoisotopic (exact) mass is 424 g/mol. The second-order valence-corrected chi connectivity index (χ2v) is 11.5. The molecule has 0 heterocycles. The first kappa shape index (κ1) is 25.8. The van der Waals surface area contributed by atoms with Gasteiger partial charge in [-0.15, -0.1) is 0 Å². The number of rotatable bonds is 10. The first-order chi connectivity index (χ1) is 11.3. The molecule has 0 spiro atoms. The lowest BCUT2D eigenvalue weighted by atomic mass is 10.1. The Labute approximate surface area is 178 Å². The van der Waals surface area contributed by atoms with Gasteiger partial charge in [0.05, 0.1) is 26.2 Å². The van der Waals surface area contributed by atoms with Crippen molar-refractivity contribution < 1.29 is 8.97 Å². The Morgan fingerprint density at radius 3 is 0.920 bits per heavy atom. The quantitative estimate of drug-likeness (QED) is 0.202. The van der Waals surface area contributed by atoms with E-state index in [0.717, 1.165) is 50.5 Å². The van der Waals surface area contributed by atoms with Crippen molar-refractivity contribution in [3.8, 4) is 0 Å². The molecule has 2 nitrogen and oxygen atoms in total. The maximum atomic E-state index is 5.71. The highest BCUT2D eigenvalue weighted by atomic mass is 32.1. The average Bonchev–Trinajstić information content (AvgIpc) is 2.34. The van der Waals surface area contributed by atoms with Crippen LogP contribution in [0.1, 0.15) is 55.4 Å². The van der Waals surface area contributed by atoms with E-state index in [1.807, 2.05) is 0 Å². The molecule has 6 heteroatoms. The molecule has 0 aromatic rings. The van der Waals surface area contributed by atoms with Crippen LogP contribution in [0.4, 0.5) is 0 Å². The van der Waals surface area contributed by atoms with Crippen LogP contribution in [0, 0.1) is 23.7 Å². The maximum absolute atomic E-state index is 5.71. The Kier molecular flexibility index (Phi) is 11.3. The summed E-state index contributed by atoms with van der Waals surface area (Å²) in [6.45, 7) is 22.9. The highest BCUT2D eigenvalue weighted by molar-refractivity contribution is 8.10. The van der Waals surface area contributed by atoms with Crippen LogP contribution in [0.15, 0.2) is 0 Å². The van der Waals surface area contributed by atoms with E-state index < -0.39 is 0 Å². The molecular weight excluding hydrogens is 384 g/mol. The van der Waals surface area contributed by atoms with Gasteiger partial charge in [0.15, 0.2) is 0 Å². The van der Waals surface area contributed by atoms with Crippen molar-refractivity contribution >= 4 is 58.3 Å². The summed E-state index contributed by atoms with van der Waals surface area (Å²) in [5.41, 5.74) is 0. The third kappa shape index (κ3) is 8.56.